The second-order valence-corrected chi connectivity index (χ2v) is 10.6. The Morgan fingerprint density at radius 1 is 1.08 bits per heavy atom. The van der Waals surface area contributed by atoms with Gasteiger partial charge >= 0.3 is 5.97 Å². The number of aromatic nitrogens is 3. The van der Waals surface area contributed by atoms with E-state index in [0.717, 1.165) is 6.42 Å². The fourth-order valence-corrected chi connectivity index (χ4v) is 4.47. The number of aromatic amines is 1. The summed E-state index contributed by atoms with van der Waals surface area (Å²) in [7, 11) is 4.64. The number of hydrogen-bond donors (Lipinski definition) is 1. The number of fused-ring (bicyclic) bond motifs is 1. The number of nitrogens with zero attached hydrogens (tertiary/aromatic N) is 3. The molecule has 3 heterocycles. The van der Waals surface area contributed by atoms with E-state index in [9.17, 15) is 9.59 Å². The Balaban J connectivity index is 1.67. The summed E-state index contributed by atoms with van der Waals surface area (Å²) in [4.78, 5) is 44.2. The minimum Gasteiger partial charge on any atom is -0.493 e. The maximum Gasteiger partial charge on any atom is 0.330 e. The topological polar surface area (TPSA) is 116 Å². The first-order valence-corrected chi connectivity index (χ1v) is 12.2. The summed E-state index contributed by atoms with van der Waals surface area (Å²) in [5.41, 5.74) is 1.30. The van der Waals surface area contributed by atoms with Crippen LogP contribution in [-0.4, -0.2) is 66.2 Å². The SMILES string of the molecule is COc1cc(-c2cnc3[nH]cc(C(=O)C4(C)CCCN(OC(=O)C(C)(C)C)C4)c3n2)cc(OC)c1OC. The number of H-pyrrole nitrogens is 1. The predicted octanol–water partition coefficient (Wildman–Crippen LogP) is 4.44. The van der Waals surface area contributed by atoms with Crippen LogP contribution in [0.3, 0.4) is 0 Å². The third kappa shape index (κ3) is 5.11. The van der Waals surface area contributed by atoms with Crippen LogP contribution in [0.1, 0.15) is 50.9 Å². The van der Waals surface area contributed by atoms with Gasteiger partial charge in [-0.15, -0.1) is 5.06 Å². The van der Waals surface area contributed by atoms with Crippen LogP contribution in [0.5, 0.6) is 17.2 Å². The summed E-state index contributed by atoms with van der Waals surface area (Å²) < 4.78 is 16.4. The Morgan fingerprint density at radius 2 is 1.76 bits per heavy atom. The number of ketones is 1. The largest absolute Gasteiger partial charge is 0.493 e. The van der Waals surface area contributed by atoms with Crippen LogP contribution in [0.2, 0.25) is 0 Å². The molecule has 1 atom stereocenters. The van der Waals surface area contributed by atoms with Crippen LogP contribution < -0.4 is 14.2 Å². The third-order valence-electron chi connectivity index (χ3n) is 6.62. The Morgan fingerprint density at radius 3 is 2.35 bits per heavy atom. The highest BCUT2D eigenvalue weighted by molar-refractivity contribution is 6.09. The highest BCUT2D eigenvalue weighted by Crippen LogP contribution is 2.41. The predicted molar refractivity (Wildman–Crippen MR) is 138 cm³/mol. The Labute approximate surface area is 216 Å². The van der Waals surface area contributed by atoms with Gasteiger partial charge in [0.05, 0.1) is 44.2 Å². The molecule has 1 N–H and O–H groups in total. The van der Waals surface area contributed by atoms with Crippen molar-refractivity contribution < 1.29 is 28.6 Å². The molecule has 1 aromatic carbocycles. The van der Waals surface area contributed by atoms with Gasteiger partial charge < -0.3 is 24.0 Å². The van der Waals surface area contributed by atoms with Gasteiger partial charge in [-0.05, 0) is 45.7 Å². The minimum absolute atomic E-state index is 0.0772. The van der Waals surface area contributed by atoms with Crippen LogP contribution in [0.25, 0.3) is 22.4 Å². The molecule has 0 amide bonds. The van der Waals surface area contributed by atoms with Crippen molar-refractivity contribution in [2.45, 2.75) is 40.5 Å². The number of ether oxygens (including phenoxy) is 3. The Hall–Kier alpha value is -3.66. The number of hydrogen-bond acceptors (Lipinski definition) is 9. The molecule has 1 fully saturated rings. The third-order valence-corrected chi connectivity index (χ3v) is 6.62. The monoisotopic (exact) mass is 510 g/mol. The van der Waals surface area contributed by atoms with E-state index in [-0.39, 0.29) is 11.8 Å². The van der Waals surface area contributed by atoms with Crippen molar-refractivity contribution in [3.05, 3.63) is 30.1 Å². The molecule has 3 aromatic rings. The molecule has 1 unspecified atom stereocenters. The van der Waals surface area contributed by atoms with Crippen LogP contribution in [-0.2, 0) is 9.63 Å². The summed E-state index contributed by atoms with van der Waals surface area (Å²) in [6.07, 6.45) is 4.67. The van der Waals surface area contributed by atoms with Crippen LogP contribution in [0, 0.1) is 10.8 Å². The summed E-state index contributed by atoms with van der Waals surface area (Å²) in [5, 5.41) is 1.61. The van der Waals surface area contributed by atoms with Gasteiger partial charge in [0.25, 0.3) is 0 Å². The summed E-state index contributed by atoms with van der Waals surface area (Å²) in [6, 6.07) is 3.57. The van der Waals surface area contributed by atoms with Crippen molar-refractivity contribution >= 4 is 22.9 Å². The molecule has 1 aliphatic heterocycles. The van der Waals surface area contributed by atoms with E-state index >= 15 is 0 Å². The van der Waals surface area contributed by atoms with Crippen LogP contribution in [0.4, 0.5) is 0 Å². The van der Waals surface area contributed by atoms with Gasteiger partial charge in [-0.1, -0.05) is 6.92 Å². The zero-order valence-corrected chi connectivity index (χ0v) is 22.4. The number of carbonyl (C=O) groups excluding carboxylic acids is 2. The highest BCUT2D eigenvalue weighted by Gasteiger charge is 2.41. The molecule has 0 radical (unpaired) electrons. The van der Waals surface area contributed by atoms with E-state index in [2.05, 4.69) is 9.97 Å². The van der Waals surface area contributed by atoms with Crippen molar-refractivity contribution in [2.24, 2.45) is 10.8 Å². The number of nitrogens with one attached hydrogen (secondary N) is 1. The van der Waals surface area contributed by atoms with Crippen molar-refractivity contribution in [3.8, 4) is 28.5 Å². The summed E-state index contributed by atoms with van der Waals surface area (Å²) >= 11 is 0. The van der Waals surface area contributed by atoms with Gasteiger partial charge in [0.15, 0.2) is 22.9 Å². The lowest BCUT2D eigenvalue weighted by molar-refractivity contribution is -0.210. The molecule has 37 heavy (non-hydrogen) atoms. The van der Waals surface area contributed by atoms with Crippen molar-refractivity contribution in [1.29, 1.82) is 0 Å². The maximum atomic E-state index is 13.8. The van der Waals surface area contributed by atoms with E-state index in [1.54, 1.807) is 71.7 Å². The zero-order chi connectivity index (χ0) is 27.0. The number of methoxy groups -OCH3 is 3. The molecule has 1 saturated heterocycles. The second-order valence-electron chi connectivity index (χ2n) is 10.6. The number of benzene rings is 1. The first-order valence-electron chi connectivity index (χ1n) is 12.2. The van der Waals surface area contributed by atoms with Gasteiger partial charge in [-0.2, -0.15) is 0 Å². The molecular formula is C27H34N4O6. The Bertz CT molecular complexity index is 1300. The Kier molecular flexibility index (Phi) is 7.14. The maximum absolute atomic E-state index is 13.8. The van der Waals surface area contributed by atoms with Crippen molar-refractivity contribution in [3.63, 3.8) is 0 Å². The van der Waals surface area contributed by atoms with Crippen LogP contribution in [0.15, 0.2) is 24.5 Å². The lowest BCUT2D eigenvalue weighted by atomic mass is 9.76. The zero-order valence-electron chi connectivity index (χ0n) is 22.4. The molecule has 1 aliphatic rings. The molecule has 0 aliphatic carbocycles. The van der Waals surface area contributed by atoms with E-state index in [1.807, 2.05) is 6.92 Å². The standard InChI is InChI=1S/C27H34N4O6/c1-26(2,3)25(33)37-31-10-8-9-27(4,15-31)23(32)17-13-28-24-21(17)30-18(14-29-24)16-11-19(34-5)22(36-7)20(12-16)35-6/h11-14H,8-10,15H2,1-7H3,(H,28,29). The first kappa shape index (κ1) is 26.4. The average Bonchev–Trinajstić information content (AvgIpc) is 3.29. The normalized spacial score (nSPS) is 18.5. The van der Waals surface area contributed by atoms with Gasteiger partial charge in [0.1, 0.15) is 5.52 Å². The van der Waals surface area contributed by atoms with E-state index in [0.29, 0.717) is 64.7 Å². The lowest BCUT2D eigenvalue weighted by Gasteiger charge is -2.38. The molecule has 0 spiro atoms. The molecule has 10 heteroatoms. The van der Waals surface area contributed by atoms with Gasteiger partial charge in [-0.3, -0.25) is 4.79 Å². The molecule has 0 bridgehead atoms. The molecule has 2 aromatic heterocycles. The van der Waals surface area contributed by atoms with Crippen molar-refractivity contribution in [2.75, 3.05) is 34.4 Å². The van der Waals surface area contributed by atoms with Gasteiger partial charge in [0.2, 0.25) is 5.75 Å². The molecule has 10 nitrogen and oxygen atoms in total. The molecule has 198 valence electrons. The summed E-state index contributed by atoms with van der Waals surface area (Å²) in [6.45, 7) is 8.21. The highest BCUT2D eigenvalue weighted by atomic mass is 16.7. The fourth-order valence-electron chi connectivity index (χ4n) is 4.47. The van der Waals surface area contributed by atoms with Crippen LogP contribution >= 0.6 is 0 Å². The van der Waals surface area contributed by atoms with Gasteiger partial charge in [0, 0.05) is 30.3 Å². The lowest BCUT2D eigenvalue weighted by Crippen LogP contribution is -2.47. The first-order chi connectivity index (χ1) is 17.5. The average molecular weight is 511 g/mol. The molecule has 4 rings (SSSR count). The van der Waals surface area contributed by atoms with E-state index < -0.39 is 10.8 Å². The summed E-state index contributed by atoms with van der Waals surface area (Å²) in [5.74, 6) is 1.05. The minimum atomic E-state index is -0.754. The number of Topliss-reactive ketones (excluding diaryl/α,β-unsaturated/α-hetero) is 1. The van der Waals surface area contributed by atoms with E-state index in [1.165, 1.54) is 0 Å². The number of rotatable bonds is 7. The number of carbonyl (C=O) groups is 2. The van der Waals surface area contributed by atoms with Gasteiger partial charge in [-0.25, -0.2) is 14.8 Å². The smallest absolute Gasteiger partial charge is 0.330 e. The number of piperidine rings is 1. The quantitative estimate of drug-likeness (QED) is 0.461. The fraction of sp³-hybridized carbons (Fsp3) is 0.481. The number of hydroxylamine groups is 2. The second kappa shape index (κ2) is 10.0. The molecule has 0 saturated carbocycles. The van der Waals surface area contributed by atoms with E-state index in [4.69, 9.17) is 24.0 Å². The molecular weight excluding hydrogens is 476 g/mol. The van der Waals surface area contributed by atoms with Crippen molar-refractivity contribution in [1.82, 2.24) is 20.0 Å².